The first-order valence-electron chi connectivity index (χ1n) is 8.20. The lowest BCUT2D eigenvalue weighted by molar-refractivity contribution is -0.114. The summed E-state index contributed by atoms with van der Waals surface area (Å²) >= 11 is 0. The van der Waals surface area contributed by atoms with E-state index in [4.69, 9.17) is 4.74 Å². The summed E-state index contributed by atoms with van der Waals surface area (Å²) in [5.41, 5.74) is 2.01. The molecule has 4 heteroatoms. The normalized spacial score (nSPS) is 21.9. The van der Waals surface area contributed by atoms with Crippen molar-refractivity contribution in [2.75, 3.05) is 0 Å². The lowest BCUT2D eigenvalue weighted by Gasteiger charge is -2.16. The molecule has 1 aliphatic heterocycles. The molecule has 1 aliphatic rings. The number of benzene rings is 1. The third-order valence-electron chi connectivity index (χ3n) is 4.00. The van der Waals surface area contributed by atoms with Crippen LogP contribution in [0, 0.1) is 6.92 Å². The van der Waals surface area contributed by atoms with Gasteiger partial charge in [0.2, 0.25) is 0 Å². The molecule has 0 aliphatic carbocycles. The first kappa shape index (κ1) is 17.3. The van der Waals surface area contributed by atoms with Crippen molar-refractivity contribution in [2.45, 2.75) is 58.5 Å². The molecule has 1 aromatic rings. The van der Waals surface area contributed by atoms with Gasteiger partial charge in [-0.1, -0.05) is 18.6 Å². The number of aryl methyl sites for hydroxylation is 2. The highest BCUT2D eigenvalue weighted by Gasteiger charge is 2.20. The predicted molar refractivity (Wildman–Crippen MR) is 88.7 cm³/mol. The van der Waals surface area contributed by atoms with Gasteiger partial charge < -0.3 is 9.84 Å². The number of carbonyl (C=O) groups excluding carboxylic acids is 2. The smallest absolute Gasteiger partial charge is 0.342 e. The standard InChI is InChI=1S/C19H24O4/c1-13-11-15-8-4-3-5-9-16(20)10-6-7-14(2)23-19(22)18(15)17(21)12-13/h6,10-12,14,21H,3-5,7-9H2,1-2H3/b10-6-/t14-/m0/s1. The third-order valence-corrected chi connectivity index (χ3v) is 4.00. The van der Waals surface area contributed by atoms with E-state index >= 15 is 0 Å². The molecule has 0 aromatic heterocycles. The van der Waals surface area contributed by atoms with Gasteiger partial charge in [-0.05, 0) is 56.4 Å². The maximum Gasteiger partial charge on any atom is 0.342 e. The van der Waals surface area contributed by atoms with Crippen molar-refractivity contribution < 1.29 is 19.4 Å². The number of carbonyl (C=O) groups is 2. The number of hydrogen-bond acceptors (Lipinski definition) is 4. The van der Waals surface area contributed by atoms with E-state index in [1.807, 2.05) is 13.0 Å². The van der Waals surface area contributed by atoms with E-state index in [1.54, 1.807) is 25.1 Å². The van der Waals surface area contributed by atoms with Crippen LogP contribution in [0.25, 0.3) is 0 Å². The Hall–Kier alpha value is -2.10. The lowest BCUT2D eigenvalue weighted by Crippen LogP contribution is -2.16. The molecule has 0 saturated carbocycles. The van der Waals surface area contributed by atoms with E-state index in [-0.39, 0.29) is 23.2 Å². The zero-order valence-corrected chi connectivity index (χ0v) is 13.8. The first-order chi connectivity index (χ1) is 11.0. The van der Waals surface area contributed by atoms with Gasteiger partial charge in [0.1, 0.15) is 17.4 Å². The summed E-state index contributed by atoms with van der Waals surface area (Å²) in [6, 6.07) is 3.52. The van der Waals surface area contributed by atoms with Crippen LogP contribution in [0.3, 0.4) is 0 Å². The van der Waals surface area contributed by atoms with Gasteiger partial charge in [-0.2, -0.15) is 0 Å². The van der Waals surface area contributed by atoms with Gasteiger partial charge in [0.05, 0.1) is 0 Å². The summed E-state index contributed by atoms with van der Waals surface area (Å²) in [4.78, 5) is 24.1. The van der Waals surface area contributed by atoms with Gasteiger partial charge in [0.25, 0.3) is 0 Å². The van der Waals surface area contributed by atoms with Gasteiger partial charge in [0.15, 0.2) is 5.78 Å². The lowest BCUT2D eigenvalue weighted by atomic mass is 9.97. The van der Waals surface area contributed by atoms with E-state index < -0.39 is 5.97 Å². The average molecular weight is 316 g/mol. The number of ether oxygens (including phenoxy) is 1. The topological polar surface area (TPSA) is 63.6 Å². The molecule has 0 spiro atoms. The summed E-state index contributed by atoms with van der Waals surface area (Å²) in [5, 5.41) is 10.2. The highest BCUT2D eigenvalue weighted by molar-refractivity contribution is 5.94. The van der Waals surface area contributed by atoms with Crippen LogP contribution >= 0.6 is 0 Å². The van der Waals surface area contributed by atoms with E-state index in [1.165, 1.54) is 0 Å². The SMILES string of the molecule is Cc1cc(O)c2c(c1)CCCCCC(=O)/C=C\C[C@H](C)OC2=O. The van der Waals surface area contributed by atoms with Gasteiger partial charge in [-0.15, -0.1) is 0 Å². The number of fused-ring (bicyclic) bond motifs is 1. The summed E-state index contributed by atoms with van der Waals surface area (Å²) in [6.07, 6.45) is 7.34. The molecule has 2 rings (SSSR count). The van der Waals surface area contributed by atoms with Crippen molar-refractivity contribution in [3.63, 3.8) is 0 Å². The summed E-state index contributed by atoms with van der Waals surface area (Å²) in [6.45, 7) is 3.67. The number of hydrogen-bond donors (Lipinski definition) is 1. The van der Waals surface area contributed by atoms with Crippen molar-refractivity contribution in [3.05, 3.63) is 41.0 Å². The van der Waals surface area contributed by atoms with Gasteiger partial charge in [-0.3, -0.25) is 4.79 Å². The van der Waals surface area contributed by atoms with Crippen LogP contribution in [0.2, 0.25) is 0 Å². The van der Waals surface area contributed by atoms with Crippen LogP contribution < -0.4 is 0 Å². The molecule has 0 bridgehead atoms. The Morgan fingerprint density at radius 1 is 1.13 bits per heavy atom. The molecule has 124 valence electrons. The fraction of sp³-hybridized carbons (Fsp3) is 0.474. The quantitative estimate of drug-likeness (QED) is 0.738. The number of phenols is 1. The maximum absolute atomic E-state index is 12.4. The molecule has 1 atom stereocenters. The molecule has 1 aromatic carbocycles. The van der Waals surface area contributed by atoms with Gasteiger partial charge in [0, 0.05) is 12.8 Å². The van der Waals surface area contributed by atoms with Crippen LogP contribution in [-0.2, 0) is 16.0 Å². The van der Waals surface area contributed by atoms with E-state index in [0.717, 1.165) is 30.4 Å². The summed E-state index contributed by atoms with van der Waals surface area (Å²) in [7, 11) is 0. The predicted octanol–water partition coefficient (Wildman–Crippen LogP) is 3.88. The summed E-state index contributed by atoms with van der Waals surface area (Å²) in [5.74, 6) is -0.397. The average Bonchev–Trinajstić information content (AvgIpc) is 2.45. The number of aromatic hydroxyl groups is 1. The Kier molecular flexibility index (Phi) is 5.97. The Balaban J connectivity index is 2.28. The van der Waals surface area contributed by atoms with Crippen LogP contribution in [0.4, 0.5) is 0 Å². The molecular formula is C19H24O4. The molecule has 23 heavy (non-hydrogen) atoms. The van der Waals surface area contributed by atoms with E-state index in [0.29, 0.717) is 19.3 Å². The minimum absolute atomic E-state index is 0.0185. The second kappa shape index (κ2) is 7.95. The molecule has 0 saturated heterocycles. The van der Waals surface area contributed by atoms with Gasteiger partial charge >= 0.3 is 5.97 Å². The number of phenolic OH excluding ortho intramolecular Hbond substituents is 1. The fourth-order valence-corrected chi connectivity index (χ4v) is 2.83. The minimum Gasteiger partial charge on any atom is -0.507 e. The molecule has 0 unspecified atom stereocenters. The number of ketones is 1. The molecule has 0 amide bonds. The second-order valence-electron chi connectivity index (χ2n) is 6.20. The molecule has 0 fully saturated rings. The highest BCUT2D eigenvalue weighted by atomic mass is 16.5. The number of cyclic esters (lactones) is 1. The van der Waals surface area contributed by atoms with Crippen molar-refractivity contribution in [2.24, 2.45) is 0 Å². The molecule has 1 N–H and O–H groups in total. The van der Waals surface area contributed by atoms with E-state index in [2.05, 4.69) is 0 Å². The van der Waals surface area contributed by atoms with Crippen LogP contribution in [0.5, 0.6) is 5.75 Å². The molecule has 0 radical (unpaired) electrons. The molecule has 4 nitrogen and oxygen atoms in total. The highest BCUT2D eigenvalue weighted by Crippen LogP contribution is 2.27. The molecule has 1 heterocycles. The van der Waals surface area contributed by atoms with Crippen LogP contribution in [0.1, 0.15) is 60.5 Å². The third kappa shape index (κ3) is 4.95. The Morgan fingerprint density at radius 2 is 1.87 bits per heavy atom. The molecular weight excluding hydrogens is 292 g/mol. The van der Waals surface area contributed by atoms with Crippen LogP contribution in [0.15, 0.2) is 24.3 Å². The van der Waals surface area contributed by atoms with Crippen molar-refractivity contribution in [3.8, 4) is 5.75 Å². The van der Waals surface area contributed by atoms with Crippen molar-refractivity contribution >= 4 is 11.8 Å². The largest absolute Gasteiger partial charge is 0.507 e. The fourth-order valence-electron chi connectivity index (χ4n) is 2.83. The number of rotatable bonds is 0. The van der Waals surface area contributed by atoms with Gasteiger partial charge in [-0.25, -0.2) is 4.79 Å². The Labute approximate surface area is 137 Å². The number of allylic oxidation sites excluding steroid dienone is 1. The van der Waals surface area contributed by atoms with Crippen molar-refractivity contribution in [1.82, 2.24) is 0 Å². The number of esters is 1. The minimum atomic E-state index is -0.498. The van der Waals surface area contributed by atoms with Crippen LogP contribution in [-0.4, -0.2) is 23.0 Å². The second-order valence-corrected chi connectivity index (χ2v) is 6.20. The Bertz CT molecular complexity index is 616. The summed E-state index contributed by atoms with van der Waals surface area (Å²) < 4.78 is 5.42. The maximum atomic E-state index is 12.4. The first-order valence-corrected chi connectivity index (χ1v) is 8.20. The zero-order valence-electron chi connectivity index (χ0n) is 13.8. The van der Waals surface area contributed by atoms with Crippen molar-refractivity contribution in [1.29, 1.82) is 0 Å². The Morgan fingerprint density at radius 3 is 2.65 bits per heavy atom. The van der Waals surface area contributed by atoms with E-state index in [9.17, 15) is 14.7 Å². The zero-order chi connectivity index (χ0) is 16.8. The monoisotopic (exact) mass is 316 g/mol.